The number of aliphatic hydroxyl groups is 1. The Morgan fingerprint density at radius 2 is 2.29 bits per heavy atom. The molecule has 0 aliphatic carbocycles. The molecule has 1 aromatic rings. The Morgan fingerprint density at radius 1 is 1.53 bits per heavy atom. The van der Waals surface area contributed by atoms with E-state index in [-0.39, 0.29) is 6.61 Å². The molecule has 1 unspecified atom stereocenters. The minimum Gasteiger partial charge on any atom is -0.396 e. The van der Waals surface area contributed by atoms with Crippen molar-refractivity contribution in [2.75, 3.05) is 18.5 Å². The Kier molecular flexibility index (Phi) is 5.82. The fourth-order valence-electron chi connectivity index (χ4n) is 1.62. The minimum absolute atomic E-state index is 0.210. The van der Waals surface area contributed by atoms with E-state index >= 15 is 0 Å². The van der Waals surface area contributed by atoms with Gasteiger partial charge in [-0.2, -0.15) is 5.26 Å². The first-order chi connectivity index (χ1) is 8.21. The highest BCUT2D eigenvalue weighted by Gasteiger charge is 2.07. The van der Waals surface area contributed by atoms with E-state index in [2.05, 4.69) is 12.2 Å². The van der Waals surface area contributed by atoms with Crippen molar-refractivity contribution in [2.24, 2.45) is 5.92 Å². The van der Waals surface area contributed by atoms with Crippen LogP contribution < -0.4 is 5.32 Å². The van der Waals surface area contributed by atoms with Gasteiger partial charge in [-0.25, -0.2) is 0 Å². The number of nitriles is 1. The van der Waals surface area contributed by atoms with Gasteiger partial charge in [0.2, 0.25) is 0 Å². The third-order valence-electron chi connectivity index (χ3n) is 2.79. The number of halogens is 1. The van der Waals surface area contributed by atoms with Crippen LogP contribution in [0, 0.1) is 17.2 Å². The van der Waals surface area contributed by atoms with Gasteiger partial charge in [-0.3, -0.25) is 0 Å². The van der Waals surface area contributed by atoms with Gasteiger partial charge in [-0.15, -0.1) is 0 Å². The number of rotatable bonds is 6. The Morgan fingerprint density at radius 3 is 2.82 bits per heavy atom. The molecule has 0 saturated heterocycles. The summed E-state index contributed by atoms with van der Waals surface area (Å²) in [5, 5.41) is 21.4. The van der Waals surface area contributed by atoms with E-state index in [1.54, 1.807) is 12.1 Å². The first kappa shape index (κ1) is 13.8. The van der Waals surface area contributed by atoms with Gasteiger partial charge < -0.3 is 10.4 Å². The zero-order valence-electron chi connectivity index (χ0n) is 9.91. The maximum absolute atomic E-state index is 8.90. The Bertz CT molecular complexity index is 401. The number of aliphatic hydroxyl groups excluding tert-OH is 1. The Labute approximate surface area is 107 Å². The summed E-state index contributed by atoms with van der Waals surface area (Å²) in [5.74, 6) is 0.437. The molecule has 0 fully saturated rings. The van der Waals surface area contributed by atoms with Crippen LogP contribution in [0.2, 0.25) is 5.02 Å². The van der Waals surface area contributed by atoms with Gasteiger partial charge in [0.25, 0.3) is 0 Å². The van der Waals surface area contributed by atoms with Crippen LogP contribution in [-0.2, 0) is 0 Å². The van der Waals surface area contributed by atoms with Gasteiger partial charge >= 0.3 is 0 Å². The predicted molar refractivity (Wildman–Crippen MR) is 70.1 cm³/mol. The van der Waals surface area contributed by atoms with Crippen molar-refractivity contribution in [3.05, 3.63) is 28.8 Å². The predicted octanol–water partition coefficient (Wildman–Crippen LogP) is 3.03. The Hall–Kier alpha value is -1.24. The summed E-state index contributed by atoms with van der Waals surface area (Å²) >= 11 is 6.05. The molecule has 0 aliphatic heterocycles. The molecule has 0 aromatic heterocycles. The molecular formula is C13H17ClN2O. The molecule has 0 amide bonds. The summed E-state index contributed by atoms with van der Waals surface area (Å²) in [6.07, 6.45) is 1.80. The SMILES string of the molecule is CCC(CCO)CNc1ccc(C#N)cc1Cl. The van der Waals surface area contributed by atoms with E-state index in [1.165, 1.54) is 0 Å². The average molecular weight is 253 g/mol. The molecule has 0 spiro atoms. The topological polar surface area (TPSA) is 56.0 Å². The van der Waals surface area contributed by atoms with Crippen molar-refractivity contribution in [3.8, 4) is 6.07 Å². The number of benzene rings is 1. The lowest BCUT2D eigenvalue weighted by atomic mass is 10.0. The molecule has 1 atom stereocenters. The lowest BCUT2D eigenvalue weighted by Crippen LogP contribution is -2.15. The molecule has 17 heavy (non-hydrogen) atoms. The van der Waals surface area contributed by atoms with Crippen LogP contribution in [0.15, 0.2) is 18.2 Å². The summed E-state index contributed by atoms with van der Waals surface area (Å²) in [5.41, 5.74) is 1.39. The molecular weight excluding hydrogens is 236 g/mol. The van der Waals surface area contributed by atoms with Gasteiger partial charge in [0, 0.05) is 13.2 Å². The zero-order valence-corrected chi connectivity index (χ0v) is 10.7. The van der Waals surface area contributed by atoms with Crippen molar-refractivity contribution in [1.29, 1.82) is 5.26 Å². The number of nitrogens with zero attached hydrogens (tertiary/aromatic N) is 1. The van der Waals surface area contributed by atoms with E-state index in [9.17, 15) is 0 Å². The summed E-state index contributed by atoms with van der Waals surface area (Å²) in [4.78, 5) is 0. The molecule has 2 N–H and O–H groups in total. The van der Waals surface area contributed by atoms with Gasteiger partial charge in [0.15, 0.2) is 0 Å². The highest BCUT2D eigenvalue weighted by molar-refractivity contribution is 6.33. The van der Waals surface area contributed by atoms with Gasteiger partial charge in [0.1, 0.15) is 0 Å². The largest absolute Gasteiger partial charge is 0.396 e. The molecule has 0 aliphatic rings. The van der Waals surface area contributed by atoms with Crippen molar-refractivity contribution < 1.29 is 5.11 Å². The maximum Gasteiger partial charge on any atom is 0.0992 e. The van der Waals surface area contributed by atoms with Crippen LogP contribution >= 0.6 is 11.6 Å². The molecule has 0 radical (unpaired) electrons. The van der Waals surface area contributed by atoms with Crippen LogP contribution in [0.4, 0.5) is 5.69 Å². The second-order valence-corrected chi connectivity index (χ2v) is 4.38. The minimum atomic E-state index is 0.210. The van der Waals surface area contributed by atoms with E-state index in [0.717, 1.165) is 25.1 Å². The third-order valence-corrected chi connectivity index (χ3v) is 3.11. The van der Waals surface area contributed by atoms with Crippen molar-refractivity contribution in [1.82, 2.24) is 0 Å². The summed E-state index contributed by atoms with van der Waals surface area (Å²) < 4.78 is 0. The molecule has 92 valence electrons. The van der Waals surface area contributed by atoms with Crippen molar-refractivity contribution in [2.45, 2.75) is 19.8 Å². The number of hydrogen-bond acceptors (Lipinski definition) is 3. The van der Waals surface area contributed by atoms with E-state index < -0.39 is 0 Å². The number of hydrogen-bond donors (Lipinski definition) is 2. The third kappa shape index (κ3) is 4.26. The fourth-order valence-corrected chi connectivity index (χ4v) is 1.86. The molecule has 1 rings (SSSR count). The lowest BCUT2D eigenvalue weighted by molar-refractivity contribution is 0.258. The van der Waals surface area contributed by atoms with E-state index in [0.29, 0.717) is 16.5 Å². The highest BCUT2D eigenvalue weighted by Crippen LogP contribution is 2.23. The van der Waals surface area contributed by atoms with Crippen LogP contribution in [0.5, 0.6) is 0 Å². The quantitative estimate of drug-likeness (QED) is 0.818. The molecule has 0 bridgehead atoms. The summed E-state index contributed by atoms with van der Waals surface area (Å²) in [6, 6.07) is 7.25. The zero-order chi connectivity index (χ0) is 12.7. The molecule has 0 saturated carbocycles. The summed E-state index contributed by atoms with van der Waals surface area (Å²) in [6.45, 7) is 3.09. The van der Waals surface area contributed by atoms with Crippen LogP contribution in [0.25, 0.3) is 0 Å². The van der Waals surface area contributed by atoms with Gasteiger partial charge in [-0.1, -0.05) is 24.9 Å². The number of anilines is 1. The maximum atomic E-state index is 8.90. The van der Waals surface area contributed by atoms with Gasteiger partial charge in [-0.05, 0) is 30.5 Å². The highest BCUT2D eigenvalue weighted by atomic mass is 35.5. The van der Waals surface area contributed by atoms with Gasteiger partial charge in [0.05, 0.1) is 22.3 Å². The lowest BCUT2D eigenvalue weighted by Gasteiger charge is -2.16. The first-order valence-electron chi connectivity index (χ1n) is 5.75. The first-order valence-corrected chi connectivity index (χ1v) is 6.13. The van der Waals surface area contributed by atoms with E-state index in [1.807, 2.05) is 12.1 Å². The fraction of sp³-hybridized carbons (Fsp3) is 0.462. The monoisotopic (exact) mass is 252 g/mol. The second-order valence-electron chi connectivity index (χ2n) is 3.97. The van der Waals surface area contributed by atoms with Crippen LogP contribution in [0.3, 0.4) is 0 Å². The Balaban J connectivity index is 2.60. The number of nitrogens with one attached hydrogen (secondary N) is 1. The van der Waals surface area contributed by atoms with E-state index in [4.69, 9.17) is 22.0 Å². The van der Waals surface area contributed by atoms with Crippen molar-refractivity contribution >= 4 is 17.3 Å². The molecule has 0 heterocycles. The van der Waals surface area contributed by atoms with Crippen molar-refractivity contribution in [3.63, 3.8) is 0 Å². The standard InChI is InChI=1S/C13H17ClN2O/c1-2-10(5-6-17)9-16-13-4-3-11(8-15)7-12(13)14/h3-4,7,10,16-17H,2,5-6,9H2,1H3. The molecule has 1 aromatic carbocycles. The average Bonchev–Trinajstić information content (AvgIpc) is 2.35. The normalized spacial score (nSPS) is 11.9. The molecule has 4 heteroatoms. The summed E-state index contributed by atoms with van der Waals surface area (Å²) in [7, 11) is 0. The smallest absolute Gasteiger partial charge is 0.0992 e. The van der Waals surface area contributed by atoms with Crippen LogP contribution in [0.1, 0.15) is 25.3 Å². The van der Waals surface area contributed by atoms with Crippen LogP contribution in [-0.4, -0.2) is 18.3 Å². The molecule has 3 nitrogen and oxygen atoms in total. The second kappa shape index (κ2) is 7.16.